The first-order chi connectivity index (χ1) is 14.1. The van der Waals surface area contributed by atoms with Crippen LogP contribution in [0.25, 0.3) is 6.08 Å². The van der Waals surface area contributed by atoms with E-state index in [-0.39, 0.29) is 11.6 Å². The molecule has 3 aromatic carbocycles. The summed E-state index contributed by atoms with van der Waals surface area (Å²) in [6.45, 7) is 0. The second kappa shape index (κ2) is 10.2. The quantitative estimate of drug-likeness (QED) is 0.392. The number of rotatable bonds is 6. The van der Waals surface area contributed by atoms with Crippen molar-refractivity contribution in [1.29, 1.82) is 0 Å². The number of nitrogens with one attached hydrogen (secondary N) is 2. The van der Waals surface area contributed by atoms with Gasteiger partial charge in [-0.05, 0) is 48.0 Å². The smallest absolute Gasteiger partial charge is 0.272 e. The summed E-state index contributed by atoms with van der Waals surface area (Å²) < 4.78 is 0.912. The fourth-order valence-corrected chi connectivity index (χ4v) is 2.77. The highest BCUT2D eigenvalue weighted by molar-refractivity contribution is 9.10. The minimum Gasteiger partial charge on any atom is -0.321 e. The van der Waals surface area contributed by atoms with Crippen LogP contribution in [0.1, 0.15) is 15.9 Å². The van der Waals surface area contributed by atoms with Crippen LogP contribution in [0, 0.1) is 0 Å². The molecule has 0 aromatic heterocycles. The average Bonchev–Trinajstić information content (AvgIpc) is 2.76. The highest BCUT2D eigenvalue weighted by atomic mass is 79.9. The van der Waals surface area contributed by atoms with Gasteiger partial charge < -0.3 is 10.6 Å². The monoisotopic (exact) mass is 446 g/mol. The molecule has 0 heterocycles. The molecule has 0 fully saturated rings. The molecule has 0 radical (unpaired) electrons. The third-order valence-corrected chi connectivity index (χ3v) is 4.51. The van der Waals surface area contributed by atoms with Crippen molar-refractivity contribution in [2.75, 3.05) is 5.32 Å². The maximum Gasteiger partial charge on any atom is 0.272 e. The summed E-state index contributed by atoms with van der Waals surface area (Å²) in [4.78, 5) is 25.3. The van der Waals surface area contributed by atoms with Crippen LogP contribution in [0.3, 0.4) is 0 Å². The third-order valence-electron chi connectivity index (χ3n) is 3.98. The number of benzene rings is 3. The highest BCUT2D eigenvalue weighted by Gasteiger charge is 2.14. The first kappa shape index (κ1) is 20.3. The van der Waals surface area contributed by atoms with Crippen molar-refractivity contribution < 1.29 is 9.59 Å². The zero-order valence-electron chi connectivity index (χ0n) is 15.5. The molecule has 0 saturated heterocycles. The van der Waals surface area contributed by atoms with Gasteiger partial charge in [0.15, 0.2) is 0 Å². The molecule has 0 aliphatic carbocycles. The summed E-state index contributed by atoms with van der Waals surface area (Å²) in [6, 6.07) is 25.7. The number of carbonyl (C=O) groups is 2. The van der Waals surface area contributed by atoms with Gasteiger partial charge in [-0.3, -0.25) is 9.59 Å². The maximum atomic E-state index is 12.8. The summed E-state index contributed by atoms with van der Waals surface area (Å²) in [5.41, 5.74) is 2.24. The molecule has 0 unspecified atom stereocenters. The van der Waals surface area contributed by atoms with Gasteiger partial charge in [0, 0.05) is 15.7 Å². The Morgan fingerprint density at radius 2 is 1.41 bits per heavy atom. The summed E-state index contributed by atoms with van der Waals surface area (Å²) >= 11 is 3.37. The van der Waals surface area contributed by atoms with Crippen molar-refractivity contribution >= 4 is 39.5 Å². The molecule has 0 saturated carbocycles. The van der Waals surface area contributed by atoms with Gasteiger partial charge in [0.25, 0.3) is 11.8 Å². The molecule has 0 aliphatic heterocycles. The molecule has 3 rings (SSSR count). The second-order valence-electron chi connectivity index (χ2n) is 6.13. The molecular formula is C24H19BrN2O2. The lowest BCUT2D eigenvalue weighted by molar-refractivity contribution is -0.113. The van der Waals surface area contributed by atoms with Gasteiger partial charge in [0.05, 0.1) is 0 Å². The minimum absolute atomic E-state index is 0.147. The number of carbonyl (C=O) groups excluding carboxylic acids is 2. The van der Waals surface area contributed by atoms with Gasteiger partial charge in [-0.15, -0.1) is 0 Å². The van der Waals surface area contributed by atoms with E-state index in [1.165, 1.54) is 0 Å². The topological polar surface area (TPSA) is 58.2 Å². The summed E-state index contributed by atoms with van der Waals surface area (Å²) in [5.74, 6) is -0.759. The number of anilines is 1. The summed E-state index contributed by atoms with van der Waals surface area (Å²) in [7, 11) is 0. The first-order valence-electron chi connectivity index (χ1n) is 8.98. The SMILES string of the molecule is O=C(Nc1ccc(Br)cc1)C(=CC=Cc1ccccc1)NC(=O)c1ccccc1. The van der Waals surface area contributed by atoms with E-state index in [2.05, 4.69) is 26.6 Å². The Bertz CT molecular complexity index is 1030. The molecule has 29 heavy (non-hydrogen) atoms. The van der Waals surface area contributed by atoms with Crippen LogP contribution in [0.5, 0.6) is 0 Å². The number of allylic oxidation sites excluding steroid dienone is 2. The van der Waals surface area contributed by atoms with Crippen molar-refractivity contribution in [3.63, 3.8) is 0 Å². The van der Waals surface area contributed by atoms with Crippen LogP contribution in [0.4, 0.5) is 5.69 Å². The highest BCUT2D eigenvalue weighted by Crippen LogP contribution is 2.15. The van der Waals surface area contributed by atoms with Crippen LogP contribution < -0.4 is 10.6 Å². The lowest BCUT2D eigenvalue weighted by Gasteiger charge is -2.10. The van der Waals surface area contributed by atoms with Crippen molar-refractivity contribution in [2.24, 2.45) is 0 Å². The molecule has 5 heteroatoms. The molecule has 2 N–H and O–H groups in total. The predicted octanol–water partition coefficient (Wildman–Crippen LogP) is 5.41. The van der Waals surface area contributed by atoms with Crippen LogP contribution in [-0.2, 0) is 4.79 Å². The number of amides is 2. The zero-order valence-corrected chi connectivity index (χ0v) is 17.1. The van der Waals surface area contributed by atoms with E-state index in [9.17, 15) is 9.59 Å². The van der Waals surface area contributed by atoms with Gasteiger partial charge in [-0.1, -0.05) is 76.6 Å². The van der Waals surface area contributed by atoms with Crippen molar-refractivity contribution in [1.82, 2.24) is 5.32 Å². The molecular weight excluding hydrogens is 428 g/mol. The number of hydrogen-bond acceptors (Lipinski definition) is 2. The largest absolute Gasteiger partial charge is 0.321 e. The Kier molecular flexibility index (Phi) is 7.14. The lowest BCUT2D eigenvalue weighted by Crippen LogP contribution is -2.30. The fraction of sp³-hybridized carbons (Fsp3) is 0. The molecule has 144 valence electrons. The zero-order chi connectivity index (χ0) is 20.5. The van der Waals surface area contributed by atoms with Crippen LogP contribution in [0.15, 0.2) is 107 Å². The number of halogens is 1. The minimum atomic E-state index is -0.408. The normalized spacial score (nSPS) is 11.3. The number of hydrogen-bond donors (Lipinski definition) is 2. The lowest BCUT2D eigenvalue weighted by atomic mass is 10.2. The van der Waals surface area contributed by atoms with Gasteiger partial charge in [0.2, 0.25) is 0 Å². The van der Waals surface area contributed by atoms with E-state index in [1.54, 1.807) is 48.6 Å². The molecule has 3 aromatic rings. The second-order valence-corrected chi connectivity index (χ2v) is 7.05. The molecule has 0 atom stereocenters. The molecule has 0 bridgehead atoms. The molecule has 0 aliphatic rings. The van der Waals surface area contributed by atoms with Crippen molar-refractivity contribution in [2.45, 2.75) is 0 Å². The average molecular weight is 447 g/mol. The molecule has 2 amide bonds. The van der Waals surface area contributed by atoms with Gasteiger partial charge in [-0.25, -0.2) is 0 Å². The Morgan fingerprint density at radius 3 is 2.07 bits per heavy atom. The maximum absolute atomic E-state index is 12.8. The van der Waals surface area contributed by atoms with Gasteiger partial charge >= 0.3 is 0 Å². The van der Waals surface area contributed by atoms with Crippen LogP contribution >= 0.6 is 15.9 Å². The van der Waals surface area contributed by atoms with Crippen molar-refractivity contribution in [3.8, 4) is 0 Å². The van der Waals surface area contributed by atoms with E-state index >= 15 is 0 Å². The van der Waals surface area contributed by atoms with Gasteiger partial charge in [0.1, 0.15) is 5.70 Å². The Hall–Kier alpha value is -3.44. The Balaban J connectivity index is 1.80. The van der Waals surface area contributed by atoms with E-state index < -0.39 is 5.91 Å². The van der Waals surface area contributed by atoms with Gasteiger partial charge in [-0.2, -0.15) is 0 Å². The Labute approximate surface area is 178 Å². The predicted molar refractivity (Wildman–Crippen MR) is 120 cm³/mol. The van der Waals surface area contributed by atoms with E-state index in [1.807, 2.05) is 54.6 Å². The van der Waals surface area contributed by atoms with Crippen LogP contribution in [-0.4, -0.2) is 11.8 Å². The first-order valence-corrected chi connectivity index (χ1v) is 9.78. The van der Waals surface area contributed by atoms with E-state index in [0.717, 1.165) is 10.0 Å². The fourth-order valence-electron chi connectivity index (χ4n) is 2.51. The Morgan fingerprint density at radius 1 is 0.793 bits per heavy atom. The van der Waals surface area contributed by atoms with Crippen molar-refractivity contribution in [3.05, 3.63) is 118 Å². The molecule has 4 nitrogen and oxygen atoms in total. The third kappa shape index (κ3) is 6.30. The standard InChI is InChI=1S/C24H19BrN2O2/c25-20-14-16-21(17-15-20)26-24(29)22(13-7-10-18-8-3-1-4-9-18)27-23(28)19-11-5-2-6-12-19/h1-17H,(H,26,29)(H,27,28). The summed E-state index contributed by atoms with van der Waals surface area (Å²) in [5, 5.41) is 5.50. The molecule has 0 spiro atoms. The summed E-state index contributed by atoms with van der Waals surface area (Å²) in [6.07, 6.45) is 5.18. The van der Waals surface area contributed by atoms with Crippen LogP contribution in [0.2, 0.25) is 0 Å². The van der Waals surface area contributed by atoms with E-state index in [0.29, 0.717) is 11.3 Å². The van der Waals surface area contributed by atoms with E-state index in [4.69, 9.17) is 0 Å².